The van der Waals surface area contributed by atoms with Gasteiger partial charge in [0, 0.05) is 11.8 Å². The molecule has 4 heteroatoms. The molecule has 0 bridgehead atoms. The average molecular weight is 300 g/mol. The number of phenols is 2. The van der Waals surface area contributed by atoms with E-state index in [9.17, 15) is 15.0 Å². The zero-order valence-corrected chi connectivity index (χ0v) is 12.5. The van der Waals surface area contributed by atoms with E-state index >= 15 is 0 Å². The third-order valence-corrected chi connectivity index (χ3v) is 4.09. The van der Waals surface area contributed by atoms with Gasteiger partial charge in [-0.2, -0.15) is 0 Å². The lowest BCUT2D eigenvalue weighted by atomic mass is 9.72. The van der Waals surface area contributed by atoms with Crippen molar-refractivity contribution < 1.29 is 20.1 Å². The maximum atomic E-state index is 11.5. The monoisotopic (exact) mass is 300 g/mol. The van der Waals surface area contributed by atoms with Crippen molar-refractivity contribution in [2.45, 2.75) is 25.2 Å². The number of Topliss-reactive ketones (excluding diaryl/α,β-unsaturated/α-hetero) is 1. The predicted octanol–water partition coefficient (Wildman–Crippen LogP) is 2.75. The van der Waals surface area contributed by atoms with Crippen LogP contribution >= 0.6 is 0 Å². The van der Waals surface area contributed by atoms with Crippen LogP contribution in [-0.4, -0.2) is 27.7 Å². The maximum Gasteiger partial charge on any atom is 0.158 e. The SMILES string of the molecule is CC(CCC(=O)CO)(c1ccc(O)cc1)c1ccc(O)cc1. The summed E-state index contributed by atoms with van der Waals surface area (Å²) in [7, 11) is 0. The molecule has 2 aromatic rings. The van der Waals surface area contributed by atoms with Gasteiger partial charge in [-0.15, -0.1) is 0 Å². The van der Waals surface area contributed by atoms with E-state index in [1.807, 2.05) is 31.2 Å². The first kappa shape index (κ1) is 16.0. The van der Waals surface area contributed by atoms with E-state index < -0.39 is 12.0 Å². The van der Waals surface area contributed by atoms with Crippen molar-refractivity contribution in [3.05, 3.63) is 59.7 Å². The standard InChI is InChI=1S/C18H20O4/c1-18(11-10-17(22)12-19,13-2-6-15(20)7-3-13)14-4-8-16(21)9-5-14/h2-9,19-21H,10-12H2,1H3. The summed E-state index contributed by atoms with van der Waals surface area (Å²) < 4.78 is 0. The summed E-state index contributed by atoms with van der Waals surface area (Å²) in [5, 5.41) is 27.9. The van der Waals surface area contributed by atoms with Crippen LogP contribution in [0.1, 0.15) is 30.9 Å². The number of aromatic hydroxyl groups is 2. The molecule has 0 aliphatic heterocycles. The fourth-order valence-corrected chi connectivity index (χ4v) is 2.58. The molecule has 0 saturated carbocycles. The van der Waals surface area contributed by atoms with Gasteiger partial charge in [-0.1, -0.05) is 31.2 Å². The van der Waals surface area contributed by atoms with Crippen LogP contribution in [-0.2, 0) is 10.2 Å². The second kappa shape index (κ2) is 6.62. The Balaban J connectivity index is 2.40. The van der Waals surface area contributed by atoms with Gasteiger partial charge in [0.1, 0.15) is 18.1 Å². The first-order chi connectivity index (χ1) is 10.5. The lowest BCUT2D eigenvalue weighted by Gasteiger charge is -2.31. The minimum atomic E-state index is -0.457. The molecule has 0 aliphatic rings. The summed E-state index contributed by atoms with van der Waals surface area (Å²) in [5.41, 5.74) is 1.47. The molecule has 0 unspecified atom stereocenters. The Labute approximate surface area is 129 Å². The molecule has 0 aliphatic carbocycles. The lowest BCUT2D eigenvalue weighted by Crippen LogP contribution is -2.25. The summed E-state index contributed by atoms with van der Waals surface area (Å²) in [4.78, 5) is 11.5. The Morgan fingerprint density at radius 1 is 0.909 bits per heavy atom. The van der Waals surface area contributed by atoms with Crippen LogP contribution in [0.2, 0.25) is 0 Å². The number of aliphatic hydroxyl groups is 1. The van der Waals surface area contributed by atoms with Crippen molar-refractivity contribution >= 4 is 5.78 Å². The molecule has 0 aromatic heterocycles. The summed E-state index contributed by atoms with van der Waals surface area (Å²) in [5.74, 6) is 0.162. The number of phenolic OH excluding ortho intramolecular Hbond substituents is 2. The van der Waals surface area contributed by atoms with E-state index in [-0.39, 0.29) is 23.7 Å². The molecule has 116 valence electrons. The number of carbonyl (C=O) groups is 1. The molecule has 22 heavy (non-hydrogen) atoms. The topological polar surface area (TPSA) is 77.8 Å². The van der Waals surface area contributed by atoms with Crippen molar-refractivity contribution in [3.8, 4) is 11.5 Å². The number of carbonyl (C=O) groups excluding carboxylic acids is 1. The Kier molecular flexibility index (Phi) is 4.83. The Morgan fingerprint density at radius 3 is 1.68 bits per heavy atom. The third kappa shape index (κ3) is 3.46. The number of benzene rings is 2. The van der Waals surface area contributed by atoms with Gasteiger partial charge in [0.25, 0.3) is 0 Å². The highest BCUT2D eigenvalue weighted by Gasteiger charge is 2.29. The van der Waals surface area contributed by atoms with Crippen molar-refractivity contribution in [3.63, 3.8) is 0 Å². The van der Waals surface area contributed by atoms with Gasteiger partial charge in [0.05, 0.1) is 0 Å². The largest absolute Gasteiger partial charge is 0.508 e. The number of aliphatic hydroxyl groups excluding tert-OH is 1. The minimum Gasteiger partial charge on any atom is -0.508 e. The molecule has 0 atom stereocenters. The molecular formula is C18H20O4. The summed E-state index contributed by atoms with van der Waals surface area (Å²) in [6.07, 6.45) is 0.788. The first-order valence-corrected chi connectivity index (χ1v) is 7.17. The second-order valence-corrected chi connectivity index (χ2v) is 5.62. The molecule has 0 amide bonds. The van der Waals surface area contributed by atoms with Gasteiger partial charge >= 0.3 is 0 Å². The van der Waals surface area contributed by atoms with Crippen LogP contribution in [0.25, 0.3) is 0 Å². The maximum absolute atomic E-state index is 11.5. The zero-order chi connectivity index (χ0) is 16.2. The molecule has 0 fully saturated rings. The number of hydrogen-bond acceptors (Lipinski definition) is 4. The Morgan fingerprint density at radius 2 is 1.32 bits per heavy atom. The van der Waals surface area contributed by atoms with Crippen molar-refractivity contribution in [1.29, 1.82) is 0 Å². The van der Waals surface area contributed by atoms with Crippen LogP contribution in [0.4, 0.5) is 0 Å². The van der Waals surface area contributed by atoms with Crippen LogP contribution in [0.15, 0.2) is 48.5 Å². The highest BCUT2D eigenvalue weighted by atomic mass is 16.3. The van der Waals surface area contributed by atoms with Crippen molar-refractivity contribution in [2.75, 3.05) is 6.61 Å². The van der Waals surface area contributed by atoms with Gasteiger partial charge in [-0.25, -0.2) is 0 Å². The second-order valence-electron chi connectivity index (χ2n) is 5.62. The fraction of sp³-hybridized carbons (Fsp3) is 0.278. The van der Waals surface area contributed by atoms with Crippen LogP contribution < -0.4 is 0 Å². The lowest BCUT2D eigenvalue weighted by molar-refractivity contribution is -0.122. The van der Waals surface area contributed by atoms with E-state index in [0.717, 1.165) is 11.1 Å². The van der Waals surface area contributed by atoms with Gasteiger partial charge < -0.3 is 15.3 Å². The molecule has 0 saturated heterocycles. The Bertz CT molecular complexity index is 584. The molecular weight excluding hydrogens is 280 g/mol. The summed E-state index contributed by atoms with van der Waals surface area (Å²) in [6, 6.07) is 13.8. The molecule has 2 aromatic carbocycles. The van der Waals surface area contributed by atoms with Gasteiger partial charge in [-0.3, -0.25) is 4.79 Å². The average Bonchev–Trinajstić information content (AvgIpc) is 2.53. The zero-order valence-electron chi connectivity index (χ0n) is 12.5. The van der Waals surface area contributed by atoms with E-state index in [1.54, 1.807) is 24.3 Å². The molecule has 0 radical (unpaired) electrons. The Hall–Kier alpha value is -2.33. The van der Waals surface area contributed by atoms with Crippen LogP contribution in [0.3, 0.4) is 0 Å². The van der Waals surface area contributed by atoms with E-state index in [1.165, 1.54) is 0 Å². The van der Waals surface area contributed by atoms with Crippen molar-refractivity contribution in [1.82, 2.24) is 0 Å². The van der Waals surface area contributed by atoms with Crippen molar-refractivity contribution in [2.24, 2.45) is 0 Å². The van der Waals surface area contributed by atoms with Gasteiger partial charge in [-0.05, 0) is 41.8 Å². The predicted molar refractivity (Wildman–Crippen MR) is 84.0 cm³/mol. The van der Waals surface area contributed by atoms with Gasteiger partial charge in [0.15, 0.2) is 5.78 Å². The number of rotatable bonds is 6. The molecule has 2 rings (SSSR count). The molecule has 0 spiro atoms. The minimum absolute atomic E-state index is 0.184. The highest BCUT2D eigenvalue weighted by Crippen LogP contribution is 2.37. The van der Waals surface area contributed by atoms with E-state index in [2.05, 4.69) is 0 Å². The van der Waals surface area contributed by atoms with E-state index in [4.69, 9.17) is 5.11 Å². The quantitative estimate of drug-likeness (QED) is 0.766. The third-order valence-electron chi connectivity index (χ3n) is 4.09. The molecule has 3 N–H and O–H groups in total. The van der Waals surface area contributed by atoms with E-state index in [0.29, 0.717) is 6.42 Å². The highest BCUT2D eigenvalue weighted by molar-refractivity contribution is 5.79. The van der Waals surface area contributed by atoms with Crippen LogP contribution in [0, 0.1) is 0 Å². The van der Waals surface area contributed by atoms with Gasteiger partial charge in [0.2, 0.25) is 0 Å². The smallest absolute Gasteiger partial charge is 0.158 e. The van der Waals surface area contributed by atoms with Crippen LogP contribution in [0.5, 0.6) is 11.5 Å². The summed E-state index contributed by atoms with van der Waals surface area (Å²) >= 11 is 0. The molecule has 4 nitrogen and oxygen atoms in total. The normalized spacial score (nSPS) is 11.4. The number of hydrogen-bond donors (Lipinski definition) is 3. The first-order valence-electron chi connectivity index (χ1n) is 7.17. The number of ketones is 1. The molecule has 0 heterocycles. The summed E-state index contributed by atoms with van der Waals surface area (Å²) in [6.45, 7) is 1.55. The fourth-order valence-electron chi connectivity index (χ4n) is 2.58.